The molecule has 0 saturated carbocycles. The van der Waals surface area contributed by atoms with Crippen molar-refractivity contribution in [3.8, 4) is 34.3 Å². The van der Waals surface area contributed by atoms with Crippen LogP contribution in [0.15, 0.2) is 98.8 Å². The van der Waals surface area contributed by atoms with Crippen molar-refractivity contribution in [1.82, 2.24) is 24.8 Å². The van der Waals surface area contributed by atoms with Gasteiger partial charge < -0.3 is 23.1 Å². The molecule has 3 heterocycles. The van der Waals surface area contributed by atoms with Crippen LogP contribution in [0.25, 0.3) is 44.5 Å². The summed E-state index contributed by atoms with van der Waals surface area (Å²) in [4.78, 5) is 34.8. The quantitative estimate of drug-likeness (QED) is 0.187. The number of ether oxygens (including phenoxy) is 2. The van der Waals surface area contributed by atoms with Crippen LogP contribution in [0.5, 0.6) is 11.5 Å². The summed E-state index contributed by atoms with van der Waals surface area (Å²) in [5, 5.41) is 10.5. The Morgan fingerprint density at radius 3 is 2.20 bits per heavy atom. The first kappa shape index (κ1) is 27.7. The van der Waals surface area contributed by atoms with E-state index in [2.05, 4.69) is 20.3 Å². The van der Waals surface area contributed by atoms with Crippen molar-refractivity contribution in [2.75, 3.05) is 7.11 Å². The van der Waals surface area contributed by atoms with Gasteiger partial charge in [0.25, 0.3) is 5.56 Å². The van der Waals surface area contributed by atoms with Crippen LogP contribution in [0, 0.1) is 13.8 Å². The molecule has 0 aliphatic heterocycles. The van der Waals surface area contributed by atoms with E-state index in [4.69, 9.17) is 18.5 Å². The lowest BCUT2D eigenvalue weighted by Crippen LogP contribution is -2.23. The van der Waals surface area contributed by atoms with Crippen LogP contribution in [0.1, 0.15) is 27.7 Å². The minimum atomic E-state index is -0.620. The molecule has 4 aromatic carbocycles. The minimum Gasteiger partial charge on any atom is -0.465 e. The molecule has 3 aromatic heterocycles. The van der Waals surface area contributed by atoms with Gasteiger partial charge in [0, 0.05) is 36.4 Å². The Labute approximate surface area is 255 Å². The van der Waals surface area contributed by atoms with E-state index in [9.17, 15) is 9.59 Å². The molecular weight excluding hydrogens is 574 g/mol. The Bertz CT molecular complexity index is 2300. The summed E-state index contributed by atoms with van der Waals surface area (Å²) >= 11 is 0. The van der Waals surface area contributed by atoms with Crippen LogP contribution < -0.4 is 10.3 Å². The lowest BCUT2D eigenvalue weighted by Gasteiger charge is -2.15. The van der Waals surface area contributed by atoms with E-state index in [1.165, 1.54) is 13.2 Å². The molecule has 0 aliphatic carbocycles. The summed E-state index contributed by atoms with van der Waals surface area (Å²) in [6, 6.07) is 25.7. The Kier molecular flexibility index (Phi) is 6.89. The summed E-state index contributed by atoms with van der Waals surface area (Å²) in [6.45, 7) is 3.73. The van der Waals surface area contributed by atoms with Gasteiger partial charge in [-0.15, -0.1) is 0 Å². The normalized spacial score (nSPS) is 11.3. The van der Waals surface area contributed by atoms with Crippen molar-refractivity contribution in [2.45, 2.75) is 20.4 Å². The van der Waals surface area contributed by atoms with Gasteiger partial charge in [-0.1, -0.05) is 46.7 Å². The number of methoxy groups -OCH3 is 1. The standard InChI is InChI=1S/C34H25N5O6/c1-19-35-32(37-44-19)23-5-4-6-26(15-23)43-27-11-12-30-28(16-27)29(34(41)42-3)17-31(40)39(30)18-21-7-8-22-9-10-24(14-25(22)13-21)33-36-20(2)45-38-33/h4-17H,18H2,1-3H3. The SMILES string of the molecule is COC(=O)c1cc(=O)n(Cc2ccc3ccc(-c4noc(C)n4)cc3c2)c2ccc(Oc3cccc(-c4noc(C)n4)c3)cc12. The van der Waals surface area contributed by atoms with Gasteiger partial charge in [-0.2, -0.15) is 9.97 Å². The van der Waals surface area contributed by atoms with Crippen molar-refractivity contribution in [3.63, 3.8) is 0 Å². The number of hydrogen-bond donors (Lipinski definition) is 0. The molecule has 0 unspecified atom stereocenters. The number of carbonyl (C=O) groups is 1. The second kappa shape index (κ2) is 11.2. The zero-order valence-corrected chi connectivity index (χ0v) is 24.5. The van der Waals surface area contributed by atoms with Crippen LogP contribution in [0.2, 0.25) is 0 Å². The Morgan fingerprint density at radius 2 is 1.49 bits per heavy atom. The third kappa shape index (κ3) is 5.42. The first-order valence-electron chi connectivity index (χ1n) is 14.0. The molecule has 0 saturated heterocycles. The van der Waals surface area contributed by atoms with Crippen LogP contribution in [0.4, 0.5) is 0 Å². The molecule has 0 N–H and O–H groups in total. The number of hydrogen-bond acceptors (Lipinski definition) is 10. The summed E-state index contributed by atoms with van der Waals surface area (Å²) < 4.78 is 23.0. The van der Waals surface area contributed by atoms with E-state index in [1.807, 2.05) is 48.5 Å². The summed E-state index contributed by atoms with van der Waals surface area (Å²) in [5.74, 6) is 2.29. The molecule has 7 aromatic rings. The zero-order valence-electron chi connectivity index (χ0n) is 24.5. The highest BCUT2D eigenvalue weighted by Gasteiger charge is 2.17. The second-order valence-electron chi connectivity index (χ2n) is 10.5. The van der Waals surface area contributed by atoms with Gasteiger partial charge in [0.1, 0.15) is 11.5 Å². The summed E-state index contributed by atoms with van der Waals surface area (Å²) in [7, 11) is 1.28. The number of aryl methyl sites for hydroxylation is 2. The van der Waals surface area contributed by atoms with E-state index < -0.39 is 5.97 Å². The molecule has 222 valence electrons. The van der Waals surface area contributed by atoms with Crippen LogP contribution >= 0.6 is 0 Å². The smallest absolute Gasteiger partial charge is 0.338 e. The molecule has 0 atom stereocenters. The summed E-state index contributed by atoms with van der Waals surface area (Å²) in [6.07, 6.45) is 0. The fourth-order valence-corrected chi connectivity index (χ4v) is 5.25. The molecular formula is C34H25N5O6. The highest BCUT2D eigenvalue weighted by atomic mass is 16.5. The third-order valence-electron chi connectivity index (χ3n) is 7.37. The third-order valence-corrected chi connectivity index (χ3v) is 7.37. The molecule has 0 fully saturated rings. The molecule has 11 nitrogen and oxygen atoms in total. The predicted octanol–water partition coefficient (Wildman–Crippen LogP) is 6.50. The number of aromatic nitrogens is 5. The Morgan fingerprint density at radius 1 is 0.778 bits per heavy atom. The largest absolute Gasteiger partial charge is 0.465 e. The predicted molar refractivity (Wildman–Crippen MR) is 165 cm³/mol. The fourth-order valence-electron chi connectivity index (χ4n) is 5.25. The van der Waals surface area contributed by atoms with Crippen molar-refractivity contribution in [1.29, 1.82) is 0 Å². The van der Waals surface area contributed by atoms with Crippen molar-refractivity contribution in [2.24, 2.45) is 0 Å². The van der Waals surface area contributed by atoms with Crippen molar-refractivity contribution >= 4 is 27.6 Å². The van der Waals surface area contributed by atoms with E-state index in [0.29, 0.717) is 45.8 Å². The maximum Gasteiger partial charge on any atom is 0.338 e. The highest BCUT2D eigenvalue weighted by molar-refractivity contribution is 6.03. The van der Waals surface area contributed by atoms with Crippen LogP contribution in [0.3, 0.4) is 0 Å². The Hall–Kier alpha value is -6.10. The monoisotopic (exact) mass is 599 g/mol. The van der Waals surface area contributed by atoms with Crippen LogP contribution in [-0.4, -0.2) is 37.9 Å². The van der Waals surface area contributed by atoms with Gasteiger partial charge in [0.05, 0.1) is 24.7 Å². The van der Waals surface area contributed by atoms with E-state index in [-0.39, 0.29) is 17.7 Å². The molecule has 0 radical (unpaired) electrons. The van der Waals surface area contributed by atoms with E-state index in [0.717, 1.165) is 27.5 Å². The molecule has 0 amide bonds. The molecule has 0 spiro atoms. The first-order valence-corrected chi connectivity index (χ1v) is 14.0. The molecule has 11 heteroatoms. The van der Waals surface area contributed by atoms with Crippen molar-refractivity contribution < 1.29 is 23.3 Å². The minimum absolute atomic E-state index is 0.147. The average Bonchev–Trinajstić information content (AvgIpc) is 3.69. The van der Waals surface area contributed by atoms with Gasteiger partial charge in [-0.05, 0) is 58.8 Å². The van der Waals surface area contributed by atoms with E-state index >= 15 is 0 Å². The van der Waals surface area contributed by atoms with Gasteiger partial charge in [-0.3, -0.25) is 4.79 Å². The maximum absolute atomic E-state index is 13.4. The molecule has 45 heavy (non-hydrogen) atoms. The van der Waals surface area contributed by atoms with Gasteiger partial charge in [-0.25, -0.2) is 4.79 Å². The average molecular weight is 600 g/mol. The second-order valence-corrected chi connectivity index (χ2v) is 10.5. The summed E-state index contributed by atoms with van der Waals surface area (Å²) in [5.41, 5.74) is 2.81. The number of benzene rings is 4. The van der Waals surface area contributed by atoms with Gasteiger partial charge >= 0.3 is 5.97 Å². The molecule has 7 rings (SSSR count). The van der Waals surface area contributed by atoms with Gasteiger partial charge in [0.15, 0.2) is 0 Å². The highest BCUT2D eigenvalue weighted by Crippen LogP contribution is 2.30. The maximum atomic E-state index is 13.4. The molecule has 0 aliphatic rings. The topological polar surface area (TPSA) is 135 Å². The van der Waals surface area contributed by atoms with Crippen molar-refractivity contribution in [3.05, 3.63) is 118 Å². The number of carbonyl (C=O) groups excluding carboxylic acids is 1. The first-order chi connectivity index (χ1) is 21.8. The lowest BCUT2D eigenvalue weighted by atomic mass is 10.0. The zero-order chi connectivity index (χ0) is 31.1. The van der Waals surface area contributed by atoms with E-state index in [1.54, 1.807) is 48.7 Å². The molecule has 0 bridgehead atoms. The van der Waals surface area contributed by atoms with Crippen LogP contribution in [-0.2, 0) is 11.3 Å². The Balaban J connectivity index is 1.26. The number of rotatable bonds is 7. The fraction of sp³-hybridized carbons (Fsp3) is 0.118. The lowest BCUT2D eigenvalue weighted by molar-refractivity contribution is 0.0602. The number of pyridine rings is 1. The number of esters is 1. The number of nitrogens with zero attached hydrogens (tertiary/aromatic N) is 5. The van der Waals surface area contributed by atoms with Gasteiger partial charge in [0.2, 0.25) is 23.4 Å². The number of fused-ring (bicyclic) bond motifs is 2.